The lowest BCUT2D eigenvalue weighted by Crippen LogP contribution is -1.94. The SMILES string of the molecule is CC=CCOc1ccc(C(F)=C(F)c2ccc3cc(CC)ccc3c2F)cc1. The average molecular weight is 382 g/mol. The number of aryl methyl sites for hydroxylation is 1. The van der Waals surface area contributed by atoms with Gasteiger partial charge < -0.3 is 4.74 Å². The van der Waals surface area contributed by atoms with E-state index in [0.717, 1.165) is 12.0 Å². The van der Waals surface area contributed by atoms with Gasteiger partial charge in [-0.2, -0.15) is 0 Å². The molecule has 0 fully saturated rings. The van der Waals surface area contributed by atoms with Crippen LogP contribution >= 0.6 is 0 Å². The van der Waals surface area contributed by atoms with Gasteiger partial charge in [0.2, 0.25) is 0 Å². The summed E-state index contributed by atoms with van der Waals surface area (Å²) in [6.07, 6.45) is 4.50. The van der Waals surface area contributed by atoms with E-state index in [0.29, 0.717) is 17.7 Å². The van der Waals surface area contributed by atoms with Gasteiger partial charge in [0.15, 0.2) is 11.7 Å². The molecule has 0 atom stereocenters. The van der Waals surface area contributed by atoms with Crippen LogP contribution in [0.3, 0.4) is 0 Å². The van der Waals surface area contributed by atoms with E-state index in [1.807, 2.05) is 32.1 Å². The molecule has 3 aromatic rings. The van der Waals surface area contributed by atoms with Gasteiger partial charge in [-0.1, -0.05) is 43.3 Å². The van der Waals surface area contributed by atoms with Gasteiger partial charge in [0.25, 0.3) is 0 Å². The van der Waals surface area contributed by atoms with Crippen molar-refractivity contribution in [2.45, 2.75) is 20.3 Å². The Bertz CT molecular complexity index is 1030. The standard InChI is InChI=1S/C24H21F3O/c1-3-5-14-28-19-10-7-17(8-11-19)22(25)24(27)21-13-9-18-15-16(4-2)6-12-20(18)23(21)26/h3,5-13,15H,4,14H2,1-2H3. The summed E-state index contributed by atoms with van der Waals surface area (Å²) >= 11 is 0. The van der Waals surface area contributed by atoms with E-state index in [4.69, 9.17) is 4.74 Å². The molecule has 0 aromatic heterocycles. The number of benzene rings is 3. The summed E-state index contributed by atoms with van der Waals surface area (Å²) in [7, 11) is 0. The fourth-order valence-electron chi connectivity index (χ4n) is 2.91. The first-order valence-electron chi connectivity index (χ1n) is 9.16. The maximum atomic E-state index is 14.8. The number of halogens is 3. The third-order valence-corrected chi connectivity index (χ3v) is 4.55. The van der Waals surface area contributed by atoms with E-state index in [2.05, 4.69) is 0 Å². The second-order valence-electron chi connectivity index (χ2n) is 6.37. The van der Waals surface area contributed by atoms with Gasteiger partial charge in [-0.25, -0.2) is 13.2 Å². The van der Waals surface area contributed by atoms with Gasteiger partial charge in [0.05, 0.1) is 0 Å². The zero-order chi connectivity index (χ0) is 20.1. The largest absolute Gasteiger partial charge is 0.490 e. The molecule has 0 aliphatic rings. The van der Waals surface area contributed by atoms with Gasteiger partial charge in [-0.3, -0.25) is 0 Å². The van der Waals surface area contributed by atoms with E-state index in [1.165, 1.54) is 18.2 Å². The lowest BCUT2D eigenvalue weighted by molar-refractivity contribution is 0.362. The molecule has 0 saturated carbocycles. The van der Waals surface area contributed by atoms with Gasteiger partial charge in [0.1, 0.15) is 18.2 Å². The Labute approximate surface area is 162 Å². The van der Waals surface area contributed by atoms with Crippen LogP contribution in [0.2, 0.25) is 0 Å². The zero-order valence-corrected chi connectivity index (χ0v) is 15.8. The minimum atomic E-state index is -1.22. The number of allylic oxidation sites excluding steroid dienone is 1. The van der Waals surface area contributed by atoms with E-state index >= 15 is 0 Å². The third kappa shape index (κ3) is 4.11. The summed E-state index contributed by atoms with van der Waals surface area (Å²) in [6, 6.07) is 14.1. The van der Waals surface area contributed by atoms with Crippen molar-refractivity contribution in [2.75, 3.05) is 6.61 Å². The molecule has 144 valence electrons. The summed E-state index contributed by atoms with van der Waals surface area (Å²) < 4.78 is 49.6. The summed E-state index contributed by atoms with van der Waals surface area (Å²) in [5, 5.41) is 0.932. The first-order valence-corrected chi connectivity index (χ1v) is 9.16. The zero-order valence-electron chi connectivity index (χ0n) is 15.8. The van der Waals surface area contributed by atoms with E-state index in [1.54, 1.807) is 30.3 Å². The van der Waals surface area contributed by atoms with Crippen LogP contribution in [0.25, 0.3) is 22.4 Å². The molecule has 3 aromatic carbocycles. The Hall–Kier alpha value is -3.01. The highest BCUT2D eigenvalue weighted by Crippen LogP contribution is 2.33. The van der Waals surface area contributed by atoms with Crippen molar-refractivity contribution in [1.29, 1.82) is 0 Å². The molecule has 0 aliphatic heterocycles. The lowest BCUT2D eigenvalue weighted by atomic mass is 10.0. The number of fused-ring (bicyclic) bond motifs is 1. The van der Waals surface area contributed by atoms with Gasteiger partial charge in [0, 0.05) is 16.5 Å². The fraction of sp³-hybridized carbons (Fsp3) is 0.167. The van der Waals surface area contributed by atoms with Crippen LogP contribution < -0.4 is 4.74 Å². The Morgan fingerprint density at radius 3 is 2.39 bits per heavy atom. The maximum absolute atomic E-state index is 14.8. The molecule has 0 unspecified atom stereocenters. The van der Waals surface area contributed by atoms with Crippen molar-refractivity contribution < 1.29 is 17.9 Å². The van der Waals surface area contributed by atoms with Crippen LogP contribution in [0.1, 0.15) is 30.5 Å². The molecule has 0 N–H and O–H groups in total. The number of rotatable bonds is 6. The Balaban J connectivity index is 1.93. The smallest absolute Gasteiger partial charge is 0.169 e. The van der Waals surface area contributed by atoms with Crippen LogP contribution in [-0.2, 0) is 6.42 Å². The van der Waals surface area contributed by atoms with Crippen LogP contribution in [0.15, 0.2) is 66.7 Å². The van der Waals surface area contributed by atoms with Crippen LogP contribution in [0.5, 0.6) is 5.75 Å². The minimum absolute atomic E-state index is 0.0247. The second-order valence-corrected chi connectivity index (χ2v) is 6.37. The Morgan fingerprint density at radius 1 is 0.964 bits per heavy atom. The summed E-state index contributed by atoms with van der Waals surface area (Å²) in [4.78, 5) is 0. The predicted octanol–water partition coefficient (Wildman–Crippen LogP) is 7.26. The Kier molecular flexibility index (Phi) is 6.19. The summed E-state index contributed by atoms with van der Waals surface area (Å²) in [5.41, 5.74) is 0.693. The fourth-order valence-corrected chi connectivity index (χ4v) is 2.91. The summed E-state index contributed by atoms with van der Waals surface area (Å²) in [6.45, 7) is 4.27. The van der Waals surface area contributed by atoms with E-state index in [9.17, 15) is 13.2 Å². The highest BCUT2D eigenvalue weighted by atomic mass is 19.2. The molecule has 0 spiro atoms. The molecule has 28 heavy (non-hydrogen) atoms. The van der Waals surface area contributed by atoms with Gasteiger partial charge in [-0.05, 0) is 54.6 Å². The first-order chi connectivity index (χ1) is 13.5. The topological polar surface area (TPSA) is 9.23 Å². The van der Waals surface area contributed by atoms with Crippen LogP contribution in [0, 0.1) is 5.82 Å². The van der Waals surface area contributed by atoms with Crippen LogP contribution in [0.4, 0.5) is 13.2 Å². The molecule has 0 heterocycles. The number of ether oxygens (including phenoxy) is 1. The van der Waals surface area contributed by atoms with Gasteiger partial charge >= 0.3 is 0 Å². The monoisotopic (exact) mass is 382 g/mol. The molecule has 1 nitrogen and oxygen atoms in total. The summed E-state index contributed by atoms with van der Waals surface area (Å²) in [5.74, 6) is -2.55. The van der Waals surface area contributed by atoms with Crippen molar-refractivity contribution >= 4 is 22.4 Å². The second kappa shape index (κ2) is 8.79. The average Bonchev–Trinajstić information content (AvgIpc) is 2.73. The van der Waals surface area contributed by atoms with Crippen molar-refractivity contribution in [3.05, 3.63) is 89.3 Å². The van der Waals surface area contributed by atoms with E-state index < -0.39 is 17.5 Å². The molecule has 0 radical (unpaired) electrons. The quantitative estimate of drug-likeness (QED) is 0.322. The number of hydrogen-bond acceptors (Lipinski definition) is 1. The molecule has 4 heteroatoms. The molecular weight excluding hydrogens is 361 g/mol. The Morgan fingerprint density at radius 2 is 1.71 bits per heavy atom. The van der Waals surface area contributed by atoms with Crippen LogP contribution in [-0.4, -0.2) is 6.61 Å². The third-order valence-electron chi connectivity index (χ3n) is 4.55. The minimum Gasteiger partial charge on any atom is -0.490 e. The first kappa shape index (κ1) is 19.7. The normalized spacial score (nSPS) is 12.5. The lowest BCUT2D eigenvalue weighted by Gasteiger charge is -2.08. The molecule has 0 amide bonds. The highest BCUT2D eigenvalue weighted by molar-refractivity contribution is 5.91. The molecule has 3 rings (SSSR count). The van der Waals surface area contributed by atoms with Crippen molar-refractivity contribution in [1.82, 2.24) is 0 Å². The highest BCUT2D eigenvalue weighted by Gasteiger charge is 2.17. The molecule has 0 bridgehead atoms. The van der Waals surface area contributed by atoms with Crippen molar-refractivity contribution in [3.63, 3.8) is 0 Å². The molecule has 0 aliphatic carbocycles. The van der Waals surface area contributed by atoms with Crippen molar-refractivity contribution in [2.24, 2.45) is 0 Å². The molecular formula is C24H21F3O. The number of hydrogen-bond donors (Lipinski definition) is 0. The maximum Gasteiger partial charge on any atom is 0.169 e. The van der Waals surface area contributed by atoms with E-state index in [-0.39, 0.29) is 16.5 Å². The van der Waals surface area contributed by atoms with Crippen molar-refractivity contribution in [3.8, 4) is 5.75 Å². The van der Waals surface area contributed by atoms with Gasteiger partial charge in [-0.15, -0.1) is 0 Å². The predicted molar refractivity (Wildman–Crippen MR) is 109 cm³/mol. The molecule has 0 saturated heterocycles.